The number of pyridine rings is 1. The predicted octanol–water partition coefficient (Wildman–Crippen LogP) is 2.71. The molecule has 0 amide bonds. The number of aromatic carboxylic acids is 1. The smallest absolute Gasteiger partial charge is 0.354 e. The van der Waals surface area contributed by atoms with Gasteiger partial charge in [-0.15, -0.1) is 11.3 Å². The number of nitrogens with zero attached hydrogens (tertiary/aromatic N) is 4. The van der Waals surface area contributed by atoms with E-state index in [-0.39, 0.29) is 11.7 Å². The first-order valence-corrected chi connectivity index (χ1v) is 7.18. The lowest BCUT2D eigenvalue weighted by Crippen LogP contribution is -2.16. The van der Waals surface area contributed by atoms with Crippen LogP contribution in [0.3, 0.4) is 0 Å². The summed E-state index contributed by atoms with van der Waals surface area (Å²) < 4.78 is 1.47. The van der Waals surface area contributed by atoms with Crippen LogP contribution < -0.4 is 0 Å². The van der Waals surface area contributed by atoms with Crippen molar-refractivity contribution in [1.82, 2.24) is 19.7 Å². The number of aromatic nitrogens is 4. The molecule has 0 radical (unpaired) electrons. The summed E-state index contributed by atoms with van der Waals surface area (Å²) >= 11 is 1.42. The molecule has 3 aromatic rings. The lowest BCUT2D eigenvalue weighted by atomic mass is 10.2. The second-order valence-corrected chi connectivity index (χ2v) is 5.33. The third kappa shape index (κ3) is 2.55. The van der Waals surface area contributed by atoms with Crippen molar-refractivity contribution < 1.29 is 9.90 Å². The summed E-state index contributed by atoms with van der Waals surface area (Å²) in [6, 6.07) is 6.80. The molecule has 106 valence electrons. The fourth-order valence-corrected chi connectivity index (χ4v) is 2.65. The molecule has 7 heteroatoms. The number of rotatable bonds is 4. The van der Waals surface area contributed by atoms with E-state index in [1.54, 1.807) is 18.5 Å². The molecule has 0 saturated carbocycles. The van der Waals surface area contributed by atoms with E-state index in [1.807, 2.05) is 30.5 Å². The average Bonchev–Trinajstić information content (AvgIpc) is 3.16. The third-order valence-electron chi connectivity index (χ3n) is 3.09. The van der Waals surface area contributed by atoms with Crippen molar-refractivity contribution in [3.05, 3.63) is 53.4 Å². The zero-order chi connectivity index (χ0) is 14.8. The van der Waals surface area contributed by atoms with E-state index in [4.69, 9.17) is 0 Å². The van der Waals surface area contributed by atoms with Gasteiger partial charge in [0.05, 0.1) is 11.7 Å². The number of carboxylic acid groups (broad SMARTS) is 1. The van der Waals surface area contributed by atoms with Crippen LogP contribution in [0.4, 0.5) is 0 Å². The maximum atomic E-state index is 11.4. The second kappa shape index (κ2) is 5.45. The zero-order valence-electron chi connectivity index (χ0n) is 11.2. The van der Waals surface area contributed by atoms with Crippen LogP contribution in [0.5, 0.6) is 0 Å². The Balaban J connectivity index is 2.07. The second-order valence-electron chi connectivity index (χ2n) is 4.43. The summed E-state index contributed by atoms with van der Waals surface area (Å²) in [4.78, 5) is 19.9. The molecule has 0 aliphatic carbocycles. The maximum Gasteiger partial charge on any atom is 0.354 e. The Labute approximate surface area is 124 Å². The highest BCUT2D eigenvalue weighted by atomic mass is 32.1. The summed E-state index contributed by atoms with van der Waals surface area (Å²) in [5.74, 6) is -1.02. The molecule has 3 aromatic heterocycles. The Morgan fingerprint density at radius 1 is 1.33 bits per heavy atom. The molecule has 0 aliphatic heterocycles. The van der Waals surface area contributed by atoms with Crippen LogP contribution in [0.2, 0.25) is 0 Å². The largest absolute Gasteiger partial charge is 0.477 e. The van der Waals surface area contributed by atoms with Gasteiger partial charge in [-0.05, 0) is 19.1 Å². The summed E-state index contributed by atoms with van der Waals surface area (Å²) in [5.41, 5.74) is 1.44. The topological polar surface area (TPSA) is 80.9 Å². The van der Waals surface area contributed by atoms with Crippen molar-refractivity contribution in [3.8, 4) is 10.7 Å². The average molecular weight is 300 g/mol. The molecule has 0 saturated heterocycles. The molecular formula is C14H12N4O2S. The Morgan fingerprint density at radius 3 is 2.81 bits per heavy atom. The highest BCUT2D eigenvalue weighted by Crippen LogP contribution is 2.25. The minimum absolute atomic E-state index is 0.123. The highest BCUT2D eigenvalue weighted by Gasteiger charge is 2.21. The summed E-state index contributed by atoms with van der Waals surface area (Å²) in [6.07, 6.45) is 3.35. The van der Waals surface area contributed by atoms with Gasteiger partial charge in [-0.3, -0.25) is 4.98 Å². The first-order chi connectivity index (χ1) is 10.2. The fraction of sp³-hybridized carbons (Fsp3) is 0.143. The molecule has 0 bridgehead atoms. The van der Waals surface area contributed by atoms with E-state index < -0.39 is 5.97 Å². The number of hydrogen-bond donors (Lipinski definition) is 1. The van der Waals surface area contributed by atoms with E-state index in [0.29, 0.717) is 10.7 Å². The molecule has 1 N–H and O–H groups in total. The van der Waals surface area contributed by atoms with Crippen LogP contribution >= 0.6 is 11.3 Å². The Hall–Kier alpha value is -2.54. The summed E-state index contributed by atoms with van der Waals surface area (Å²) in [6.45, 7) is 1.87. The highest BCUT2D eigenvalue weighted by molar-refractivity contribution is 7.13. The predicted molar refractivity (Wildman–Crippen MR) is 78.3 cm³/mol. The van der Waals surface area contributed by atoms with Crippen LogP contribution in [-0.2, 0) is 0 Å². The molecule has 6 nitrogen and oxygen atoms in total. The van der Waals surface area contributed by atoms with Crippen LogP contribution in [0.15, 0.2) is 42.0 Å². The standard InChI is InChI=1S/C14H12N4O2S/c1-9(10-4-2-3-5-15-10)18-12(14(19)20)8-11(17-18)13-16-6-7-21-13/h2-9H,1H3,(H,19,20). The van der Waals surface area contributed by atoms with E-state index >= 15 is 0 Å². The van der Waals surface area contributed by atoms with Crippen molar-refractivity contribution in [2.75, 3.05) is 0 Å². The maximum absolute atomic E-state index is 11.4. The lowest BCUT2D eigenvalue weighted by molar-refractivity contribution is 0.0682. The molecule has 1 unspecified atom stereocenters. The van der Waals surface area contributed by atoms with E-state index in [9.17, 15) is 9.90 Å². The van der Waals surface area contributed by atoms with Crippen molar-refractivity contribution in [3.63, 3.8) is 0 Å². The molecule has 0 spiro atoms. The van der Waals surface area contributed by atoms with Gasteiger partial charge >= 0.3 is 5.97 Å². The van der Waals surface area contributed by atoms with Crippen LogP contribution in [0.25, 0.3) is 10.7 Å². The minimum Gasteiger partial charge on any atom is -0.477 e. The summed E-state index contributed by atoms with van der Waals surface area (Å²) in [7, 11) is 0. The van der Waals surface area contributed by atoms with E-state index in [0.717, 1.165) is 5.69 Å². The van der Waals surface area contributed by atoms with Crippen molar-refractivity contribution in [2.45, 2.75) is 13.0 Å². The fourth-order valence-electron chi connectivity index (χ4n) is 2.05. The van der Waals surface area contributed by atoms with Gasteiger partial charge in [0.2, 0.25) is 0 Å². The molecule has 0 aromatic carbocycles. The quantitative estimate of drug-likeness (QED) is 0.801. The zero-order valence-corrected chi connectivity index (χ0v) is 12.0. The van der Waals surface area contributed by atoms with Crippen LogP contribution in [0.1, 0.15) is 29.1 Å². The van der Waals surface area contributed by atoms with Gasteiger partial charge in [-0.25, -0.2) is 14.5 Å². The number of carboxylic acids is 1. The number of thiazole rings is 1. The number of carbonyl (C=O) groups is 1. The molecule has 0 aliphatic rings. The van der Waals surface area contributed by atoms with Gasteiger partial charge in [0, 0.05) is 23.8 Å². The summed E-state index contributed by atoms with van der Waals surface area (Å²) in [5, 5.41) is 16.3. The van der Waals surface area contributed by atoms with Crippen LogP contribution in [-0.4, -0.2) is 30.8 Å². The van der Waals surface area contributed by atoms with Crippen LogP contribution in [0, 0.1) is 0 Å². The van der Waals surface area contributed by atoms with Gasteiger partial charge in [0.25, 0.3) is 0 Å². The number of hydrogen-bond acceptors (Lipinski definition) is 5. The Kier molecular flexibility index (Phi) is 3.49. The normalized spacial score (nSPS) is 12.2. The Morgan fingerprint density at radius 2 is 2.19 bits per heavy atom. The first kappa shape index (κ1) is 13.4. The monoisotopic (exact) mass is 300 g/mol. The van der Waals surface area contributed by atoms with Crippen molar-refractivity contribution >= 4 is 17.3 Å². The van der Waals surface area contributed by atoms with Gasteiger partial charge in [0.1, 0.15) is 16.4 Å². The van der Waals surface area contributed by atoms with Crippen molar-refractivity contribution in [2.24, 2.45) is 0 Å². The molecule has 3 rings (SSSR count). The SMILES string of the molecule is CC(c1ccccn1)n1nc(-c2nccs2)cc1C(=O)O. The van der Waals surface area contributed by atoms with Crippen molar-refractivity contribution in [1.29, 1.82) is 0 Å². The van der Waals surface area contributed by atoms with Gasteiger partial charge in [-0.1, -0.05) is 6.07 Å². The minimum atomic E-state index is -1.02. The first-order valence-electron chi connectivity index (χ1n) is 6.30. The van der Waals surface area contributed by atoms with E-state index in [1.165, 1.54) is 16.0 Å². The Bertz CT molecular complexity index is 753. The van der Waals surface area contributed by atoms with Gasteiger partial charge in [-0.2, -0.15) is 5.10 Å². The molecule has 21 heavy (non-hydrogen) atoms. The van der Waals surface area contributed by atoms with Gasteiger partial charge in [0.15, 0.2) is 0 Å². The molecular weight excluding hydrogens is 288 g/mol. The lowest BCUT2D eigenvalue weighted by Gasteiger charge is -2.13. The molecule has 0 fully saturated rings. The third-order valence-corrected chi connectivity index (χ3v) is 3.88. The van der Waals surface area contributed by atoms with Gasteiger partial charge < -0.3 is 5.11 Å². The van der Waals surface area contributed by atoms with E-state index in [2.05, 4.69) is 15.1 Å². The molecule has 1 atom stereocenters. The molecule has 3 heterocycles.